The number of benzene rings is 1. The van der Waals surface area contributed by atoms with Crippen molar-refractivity contribution in [1.29, 1.82) is 0 Å². The van der Waals surface area contributed by atoms with E-state index < -0.39 is 11.9 Å². The maximum Gasteiger partial charge on any atom is 0.337 e. The third kappa shape index (κ3) is 3.74. The highest BCUT2D eigenvalue weighted by Crippen LogP contribution is 2.42. The number of nitrogens with zero attached hydrogens (tertiary/aromatic N) is 2. The molecule has 3 aromatic rings. The molecule has 8 heteroatoms. The number of allylic oxidation sites excluding steroid dienone is 1. The highest BCUT2D eigenvalue weighted by molar-refractivity contribution is 7.71. The zero-order chi connectivity index (χ0) is 20.4. The number of aromatic amines is 1. The Morgan fingerprint density at radius 1 is 1.21 bits per heavy atom. The van der Waals surface area contributed by atoms with Gasteiger partial charge >= 0.3 is 5.97 Å². The number of pyridine rings is 1. The van der Waals surface area contributed by atoms with Gasteiger partial charge in [-0.25, -0.2) is 9.78 Å². The zero-order valence-electron chi connectivity index (χ0n) is 15.7. The van der Waals surface area contributed by atoms with E-state index in [1.54, 1.807) is 13.1 Å². The van der Waals surface area contributed by atoms with Crippen molar-refractivity contribution in [3.8, 4) is 0 Å². The number of hydrogen-bond donors (Lipinski definition) is 3. The maximum atomic E-state index is 13.1. The molecular formula is C21H19N5O2S. The van der Waals surface area contributed by atoms with Crippen LogP contribution < -0.4 is 11.1 Å². The number of nitrogen functional groups attached to an aromatic ring is 1. The lowest BCUT2D eigenvalue weighted by Crippen LogP contribution is -2.27. The van der Waals surface area contributed by atoms with Crippen LogP contribution >= 0.6 is 12.2 Å². The second-order valence-corrected chi connectivity index (χ2v) is 7.02. The van der Waals surface area contributed by atoms with E-state index in [2.05, 4.69) is 20.3 Å². The van der Waals surface area contributed by atoms with Gasteiger partial charge in [-0.3, -0.25) is 4.98 Å². The van der Waals surface area contributed by atoms with Gasteiger partial charge in [0.2, 0.25) is 0 Å². The summed E-state index contributed by atoms with van der Waals surface area (Å²) in [5, 5.41) is 3.14. The Balaban J connectivity index is 1.76. The van der Waals surface area contributed by atoms with E-state index in [4.69, 9.17) is 22.7 Å². The molecule has 2 aromatic heterocycles. The van der Waals surface area contributed by atoms with Crippen LogP contribution in [0.2, 0.25) is 0 Å². The molecule has 0 bridgehead atoms. The lowest BCUT2D eigenvalue weighted by atomic mass is 9.84. The van der Waals surface area contributed by atoms with E-state index in [1.165, 1.54) is 0 Å². The van der Waals surface area contributed by atoms with Crippen molar-refractivity contribution < 1.29 is 9.53 Å². The predicted octanol–water partition coefficient (Wildman–Crippen LogP) is 3.69. The van der Waals surface area contributed by atoms with Crippen LogP contribution in [0, 0.1) is 4.77 Å². The summed E-state index contributed by atoms with van der Waals surface area (Å²) in [5.74, 6) is -0.125. The highest BCUT2D eigenvalue weighted by atomic mass is 32.1. The van der Waals surface area contributed by atoms with Crippen LogP contribution in [0.5, 0.6) is 0 Å². The fraction of sp³-hybridized carbons (Fsp3) is 0.143. The topological polar surface area (TPSA) is 106 Å². The van der Waals surface area contributed by atoms with E-state index >= 15 is 0 Å². The third-order valence-electron chi connectivity index (χ3n) is 4.70. The number of ether oxygens (including phenoxy) is 1. The SMILES string of the molecule is CC1=C(C(=O)OCc2ccccc2)C(c2ccccn2)c2c(nc(=S)[nH]c2N)N1. The number of carbonyl (C=O) groups excluding carboxylic acids is 1. The average molecular weight is 405 g/mol. The summed E-state index contributed by atoms with van der Waals surface area (Å²) in [7, 11) is 0. The van der Waals surface area contributed by atoms with Crippen molar-refractivity contribution in [3.63, 3.8) is 0 Å². The molecule has 29 heavy (non-hydrogen) atoms. The monoisotopic (exact) mass is 405 g/mol. The van der Waals surface area contributed by atoms with Gasteiger partial charge in [-0.2, -0.15) is 0 Å². The minimum Gasteiger partial charge on any atom is -0.457 e. The number of aromatic nitrogens is 3. The van der Waals surface area contributed by atoms with Crippen molar-refractivity contribution in [2.75, 3.05) is 11.1 Å². The molecule has 0 saturated carbocycles. The first kappa shape index (κ1) is 18.8. The molecule has 4 N–H and O–H groups in total. The number of rotatable bonds is 4. The molecule has 0 radical (unpaired) electrons. The molecule has 1 aliphatic rings. The van der Waals surface area contributed by atoms with Gasteiger partial charge in [-0.1, -0.05) is 36.4 Å². The maximum absolute atomic E-state index is 13.1. The van der Waals surface area contributed by atoms with E-state index in [9.17, 15) is 4.79 Å². The quantitative estimate of drug-likeness (QED) is 0.449. The largest absolute Gasteiger partial charge is 0.457 e. The van der Waals surface area contributed by atoms with Gasteiger partial charge in [0.15, 0.2) is 4.77 Å². The summed E-state index contributed by atoms with van der Waals surface area (Å²) in [4.78, 5) is 24.8. The summed E-state index contributed by atoms with van der Waals surface area (Å²) in [6.07, 6.45) is 1.67. The Morgan fingerprint density at radius 2 is 1.97 bits per heavy atom. The zero-order valence-corrected chi connectivity index (χ0v) is 16.5. The number of nitrogens with one attached hydrogen (secondary N) is 2. The molecule has 0 amide bonds. The molecule has 4 rings (SSSR count). The first-order chi connectivity index (χ1) is 14.0. The second-order valence-electron chi connectivity index (χ2n) is 6.63. The molecule has 1 unspecified atom stereocenters. The van der Waals surface area contributed by atoms with Crippen molar-refractivity contribution >= 4 is 29.8 Å². The van der Waals surface area contributed by atoms with Crippen molar-refractivity contribution in [3.05, 3.63) is 87.6 Å². The van der Waals surface area contributed by atoms with E-state index in [1.807, 2.05) is 48.5 Å². The number of fused-ring (bicyclic) bond motifs is 1. The van der Waals surface area contributed by atoms with Crippen LogP contribution in [0.4, 0.5) is 11.6 Å². The number of esters is 1. The number of anilines is 2. The lowest BCUT2D eigenvalue weighted by Gasteiger charge is -2.29. The standard InChI is InChI=1S/C21H19N5O2S/c1-12-15(20(27)28-11-13-7-3-2-4-8-13)16(14-9-5-6-10-23-14)17-18(22)25-21(29)26-19(17)24-12/h2-10,16H,11H2,1H3,(H4,22,24,25,26,29). The summed E-state index contributed by atoms with van der Waals surface area (Å²) in [6.45, 7) is 1.97. The molecule has 146 valence electrons. The second kappa shape index (κ2) is 7.84. The fourth-order valence-electron chi connectivity index (χ4n) is 3.41. The van der Waals surface area contributed by atoms with Gasteiger partial charge in [-0.05, 0) is 36.8 Å². The molecule has 0 spiro atoms. The smallest absolute Gasteiger partial charge is 0.337 e. The van der Waals surface area contributed by atoms with Gasteiger partial charge < -0.3 is 20.8 Å². The van der Waals surface area contributed by atoms with Gasteiger partial charge in [0.1, 0.15) is 18.2 Å². The number of hydrogen-bond acceptors (Lipinski definition) is 7. The normalized spacial score (nSPS) is 15.4. The fourth-order valence-corrected chi connectivity index (χ4v) is 3.61. The first-order valence-electron chi connectivity index (χ1n) is 9.04. The van der Waals surface area contributed by atoms with Gasteiger partial charge in [0.25, 0.3) is 0 Å². The highest BCUT2D eigenvalue weighted by Gasteiger charge is 2.36. The Hall–Kier alpha value is -3.52. The number of H-pyrrole nitrogens is 1. The van der Waals surface area contributed by atoms with Crippen molar-refractivity contribution in [1.82, 2.24) is 15.0 Å². The summed E-state index contributed by atoms with van der Waals surface area (Å²) >= 11 is 5.15. The molecule has 0 saturated heterocycles. The molecule has 1 aliphatic heterocycles. The first-order valence-corrected chi connectivity index (χ1v) is 9.45. The molecule has 0 aliphatic carbocycles. The predicted molar refractivity (Wildman–Crippen MR) is 112 cm³/mol. The molecule has 3 heterocycles. The van der Waals surface area contributed by atoms with E-state index in [-0.39, 0.29) is 11.4 Å². The van der Waals surface area contributed by atoms with Gasteiger partial charge in [0.05, 0.1) is 17.2 Å². The van der Waals surface area contributed by atoms with Gasteiger partial charge in [-0.15, -0.1) is 0 Å². The van der Waals surface area contributed by atoms with Crippen molar-refractivity contribution in [2.45, 2.75) is 19.4 Å². The van der Waals surface area contributed by atoms with Crippen LogP contribution in [0.3, 0.4) is 0 Å². The Kier molecular flexibility index (Phi) is 5.09. The summed E-state index contributed by atoms with van der Waals surface area (Å²) < 4.78 is 5.87. The van der Waals surface area contributed by atoms with E-state index in [0.29, 0.717) is 34.2 Å². The molecule has 1 atom stereocenters. The average Bonchev–Trinajstić information content (AvgIpc) is 2.72. The molecular weight excluding hydrogens is 386 g/mol. The van der Waals surface area contributed by atoms with Crippen LogP contribution in [-0.2, 0) is 16.1 Å². The Labute approximate surface area is 172 Å². The van der Waals surface area contributed by atoms with Crippen molar-refractivity contribution in [2.24, 2.45) is 0 Å². The number of nitrogens with two attached hydrogens (primary N) is 1. The van der Waals surface area contributed by atoms with E-state index in [0.717, 1.165) is 5.56 Å². The van der Waals surface area contributed by atoms with Crippen LogP contribution in [0.15, 0.2) is 66.0 Å². The Morgan fingerprint density at radius 3 is 2.69 bits per heavy atom. The molecule has 0 fully saturated rings. The van der Waals surface area contributed by atoms with Crippen LogP contribution in [-0.4, -0.2) is 20.9 Å². The summed E-state index contributed by atoms with van der Waals surface area (Å²) in [6, 6.07) is 15.0. The molecule has 1 aromatic carbocycles. The lowest BCUT2D eigenvalue weighted by molar-refractivity contribution is -0.140. The number of carbonyl (C=O) groups is 1. The molecule has 7 nitrogen and oxygen atoms in total. The third-order valence-corrected chi connectivity index (χ3v) is 4.90. The Bertz CT molecular complexity index is 1140. The minimum atomic E-state index is -0.532. The van der Waals surface area contributed by atoms with Crippen LogP contribution in [0.1, 0.15) is 29.7 Å². The van der Waals surface area contributed by atoms with Crippen LogP contribution in [0.25, 0.3) is 0 Å². The minimum absolute atomic E-state index is 0.170. The van der Waals surface area contributed by atoms with Gasteiger partial charge in [0, 0.05) is 17.5 Å². The summed E-state index contributed by atoms with van der Waals surface area (Å²) in [5.41, 5.74) is 9.49.